The van der Waals surface area contributed by atoms with E-state index in [1.54, 1.807) is 23.6 Å². The SMILES string of the molecule is C[C@@H](OC(=O)Nc1nncn1-c1ccc(-c2ccc(C3(C(=O)O)CC3)cc2)cc1)c1ccccc1Cl. The zero-order valence-corrected chi connectivity index (χ0v) is 20.1. The van der Waals surface area contributed by atoms with Crippen molar-refractivity contribution in [1.29, 1.82) is 0 Å². The zero-order valence-electron chi connectivity index (χ0n) is 19.4. The minimum absolute atomic E-state index is 0.215. The molecular weight excluding hydrogens is 480 g/mol. The molecule has 0 aliphatic heterocycles. The number of nitrogens with zero attached hydrogens (tertiary/aromatic N) is 3. The normalized spacial score (nSPS) is 14.6. The first-order valence-electron chi connectivity index (χ1n) is 11.4. The molecule has 5 rings (SSSR count). The Morgan fingerprint density at radius 3 is 2.28 bits per heavy atom. The third kappa shape index (κ3) is 4.55. The summed E-state index contributed by atoms with van der Waals surface area (Å²) in [7, 11) is 0. The molecule has 3 aromatic carbocycles. The highest BCUT2D eigenvalue weighted by atomic mass is 35.5. The quantitative estimate of drug-likeness (QED) is 0.320. The molecule has 0 radical (unpaired) electrons. The second-order valence-corrected chi connectivity index (χ2v) is 9.14. The van der Waals surface area contributed by atoms with Crippen LogP contribution in [0.4, 0.5) is 10.7 Å². The van der Waals surface area contributed by atoms with Crippen LogP contribution in [-0.4, -0.2) is 31.9 Å². The van der Waals surface area contributed by atoms with Crippen molar-refractivity contribution in [3.63, 3.8) is 0 Å². The molecule has 182 valence electrons. The van der Waals surface area contributed by atoms with Crippen molar-refractivity contribution in [1.82, 2.24) is 14.8 Å². The van der Waals surface area contributed by atoms with E-state index in [0.717, 1.165) is 22.4 Å². The van der Waals surface area contributed by atoms with Gasteiger partial charge in [-0.3, -0.25) is 14.7 Å². The van der Waals surface area contributed by atoms with Crippen molar-refractivity contribution in [3.05, 3.63) is 95.3 Å². The smallest absolute Gasteiger partial charge is 0.414 e. The van der Waals surface area contributed by atoms with Crippen LogP contribution in [0.1, 0.15) is 37.0 Å². The van der Waals surface area contributed by atoms with Gasteiger partial charge >= 0.3 is 12.1 Å². The Morgan fingerprint density at radius 2 is 1.67 bits per heavy atom. The van der Waals surface area contributed by atoms with Crippen LogP contribution in [0, 0.1) is 0 Å². The molecule has 8 nitrogen and oxygen atoms in total. The lowest BCUT2D eigenvalue weighted by atomic mass is 9.94. The summed E-state index contributed by atoms with van der Waals surface area (Å²) in [5.74, 6) is -0.549. The number of benzene rings is 3. The van der Waals surface area contributed by atoms with Crippen molar-refractivity contribution in [2.24, 2.45) is 0 Å². The highest BCUT2D eigenvalue weighted by Crippen LogP contribution is 2.48. The van der Waals surface area contributed by atoms with Crippen molar-refractivity contribution in [3.8, 4) is 16.8 Å². The van der Waals surface area contributed by atoms with E-state index in [2.05, 4.69) is 15.5 Å². The molecule has 1 aliphatic rings. The molecule has 1 aromatic heterocycles. The Balaban J connectivity index is 1.27. The van der Waals surface area contributed by atoms with Crippen LogP contribution in [0.15, 0.2) is 79.1 Å². The molecule has 36 heavy (non-hydrogen) atoms. The second-order valence-electron chi connectivity index (χ2n) is 8.73. The number of ether oxygens (including phenoxy) is 1. The number of halogens is 1. The number of anilines is 1. The predicted molar refractivity (Wildman–Crippen MR) is 135 cm³/mol. The van der Waals surface area contributed by atoms with E-state index in [1.807, 2.05) is 60.7 Å². The maximum Gasteiger partial charge on any atom is 0.414 e. The number of rotatable bonds is 7. The summed E-state index contributed by atoms with van der Waals surface area (Å²) < 4.78 is 7.10. The Kier molecular flexibility index (Phi) is 6.20. The van der Waals surface area contributed by atoms with E-state index in [0.29, 0.717) is 23.4 Å². The fraction of sp³-hybridized carbons (Fsp3) is 0.185. The summed E-state index contributed by atoms with van der Waals surface area (Å²) in [4.78, 5) is 24.0. The number of carbonyl (C=O) groups is 2. The molecule has 4 aromatic rings. The predicted octanol–water partition coefficient (Wildman–Crippen LogP) is 6.01. The number of hydrogen-bond donors (Lipinski definition) is 2. The third-order valence-electron chi connectivity index (χ3n) is 6.46. The van der Waals surface area contributed by atoms with Crippen molar-refractivity contribution in [2.75, 3.05) is 5.32 Å². The van der Waals surface area contributed by atoms with Gasteiger partial charge in [-0.1, -0.05) is 66.2 Å². The molecule has 0 spiro atoms. The van der Waals surface area contributed by atoms with Crippen molar-refractivity contribution in [2.45, 2.75) is 31.3 Å². The maximum absolute atomic E-state index is 12.5. The van der Waals surface area contributed by atoms with Gasteiger partial charge in [-0.2, -0.15) is 0 Å². The molecule has 1 saturated carbocycles. The standard InChI is InChI=1S/C27H23ClN4O4/c1-17(22-4-2-3-5-23(22)28)36-26(35)30-25-31-29-16-32(25)21-12-8-19(9-13-21)18-6-10-20(11-7-18)27(14-15-27)24(33)34/h2-13,16-17H,14-15H2,1H3,(H,33,34)(H,30,31,35)/t17-/m1/s1. The van der Waals surface area contributed by atoms with Crippen LogP contribution < -0.4 is 5.32 Å². The summed E-state index contributed by atoms with van der Waals surface area (Å²) in [5.41, 5.74) is 3.53. The minimum atomic E-state index is -0.764. The Bertz CT molecular complexity index is 1410. The van der Waals surface area contributed by atoms with E-state index in [1.165, 1.54) is 6.33 Å². The first-order valence-corrected chi connectivity index (χ1v) is 11.8. The second kappa shape index (κ2) is 9.47. The van der Waals surface area contributed by atoms with Gasteiger partial charge in [0.1, 0.15) is 12.4 Å². The molecule has 1 heterocycles. The molecule has 1 amide bonds. The topological polar surface area (TPSA) is 106 Å². The summed E-state index contributed by atoms with van der Waals surface area (Å²) in [6.45, 7) is 1.74. The van der Waals surface area contributed by atoms with Gasteiger partial charge in [0.15, 0.2) is 0 Å². The first-order chi connectivity index (χ1) is 17.4. The van der Waals surface area contributed by atoms with E-state index < -0.39 is 23.6 Å². The first kappa shape index (κ1) is 23.6. The lowest BCUT2D eigenvalue weighted by Gasteiger charge is -2.15. The van der Waals surface area contributed by atoms with Gasteiger partial charge in [-0.05, 0) is 54.7 Å². The molecule has 1 atom stereocenters. The summed E-state index contributed by atoms with van der Waals surface area (Å²) in [6.07, 6.45) is 1.63. The number of aliphatic carboxylic acids is 1. The number of carboxylic acids is 1. The van der Waals surface area contributed by atoms with Crippen molar-refractivity contribution < 1.29 is 19.4 Å². The fourth-order valence-electron chi connectivity index (χ4n) is 4.21. The highest BCUT2D eigenvalue weighted by Gasteiger charge is 2.51. The van der Waals surface area contributed by atoms with Crippen LogP contribution in [-0.2, 0) is 14.9 Å². The van der Waals surface area contributed by atoms with Crippen LogP contribution in [0.25, 0.3) is 16.8 Å². The summed E-state index contributed by atoms with van der Waals surface area (Å²) >= 11 is 6.19. The number of aromatic nitrogens is 3. The van der Waals surface area contributed by atoms with Gasteiger partial charge < -0.3 is 9.84 Å². The lowest BCUT2D eigenvalue weighted by Crippen LogP contribution is -2.19. The molecule has 1 aliphatic carbocycles. The van der Waals surface area contributed by atoms with E-state index >= 15 is 0 Å². The van der Waals surface area contributed by atoms with Gasteiger partial charge in [-0.15, -0.1) is 10.2 Å². The zero-order chi connectivity index (χ0) is 25.3. The fourth-order valence-corrected chi connectivity index (χ4v) is 4.50. The molecule has 0 saturated heterocycles. The van der Waals surface area contributed by atoms with Gasteiger partial charge in [-0.25, -0.2) is 4.79 Å². The lowest BCUT2D eigenvalue weighted by molar-refractivity contribution is -0.140. The Morgan fingerprint density at radius 1 is 1.03 bits per heavy atom. The van der Waals surface area contributed by atoms with Gasteiger partial charge in [0, 0.05) is 10.6 Å². The van der Waals surface area contributed by atoms with E-state index in [9.17, 15) is 14.7 Å². The largest absolute Gasteiger partial charge is 0.481 e. The third-order valence-corrected chi connectivity index (χ3v) is 6.81. The average molecular weight is 503 g/mol. The summed E-state index contributed by atoms with van der Waals surface area (Å²) in [6, 6.07) is 22.5. The number of carbonyl (C=O) groups excluding carboxylic acids is 1. The number of amides is 1. The molecule has 9 heteroatoms. The molecule has 1 fully saturated rings. The average Bonchev–Trinajstić information content (AvgIpc) is 3.58. The minimum Gasteiger partial charge on any atom is -0.481 e. The van der Waals surface area contributed by atoms with Gasteiger partial charge in [0.25, 0.3) is 0 Å². The van der Waals surface area contributed by atoms with E-state index in [-0.39, 0.29) is 5.95 Å². The highest BCUT2D eigenvalue weighted by molar-refractivity contribution is 6.31. The Labute approximate surface area is 212 Å². The van der Waals surface area contributed by atoms with Crippen LogP contribution in [0.5, 0.6) is 0 Å². The van der Waals surface area contributed by atoms with Crippen LogP contribution in [0.2, 0.25) is 5.02 Å². The van der Waals surface area contributed by atoms with Crippen molar-refractivity contribution >= 4 is 29.6 Å². The number of carboxylic acid groups (broad SMARTS) is 1. The molecule has 0 bridgehead atoms. The van der Waals surface area contributed by atoms with Crippen LogP contribution >= 0.6 is 11.6 Å². The van der Waals surface area contributed by atoms with Gasteiger partial charge in [0.05, 0.1) is 11.1 Å². The van der Waals surface area contributed by atoms with Crippen LogP contribution in [0.3, 0.4) is 0 Å². The maximum atomic E-state index is 12.5. The monoisotopic (exact) mass is 502 g/mol. The number of hydrogen-bond acceptors (Lipinski definition) is 5. The molecule has 0 unspecified atom stereocenters. The van der Waals surface area contributed by atoms with E-state index in [4.69, 9.17) is 16.3 Å². The van der Waals surface area contributed by atoms with Gasteiger partial charge in [0.2, 0.25) is 5.95 Å². The summed E-state index contributed by atoms with van der Waals surface area (Å²) in [5, 5.41) is 20.5. The molecule has 2 N–H and O–H groups in total. The number of nitrogens with one attached hydrogen (secondary N) is 1. The molecular formula is C27H23ClN4O4. The Hall–Kier alpha value is -4.17.